The zero-order chi connectivity index (χ0) is 23.2. The maximum absolute atomic E-state index is 6.72. The van der Waals surface area contributed by atoms with Crippen LogP contribution in [0, 0.1) is 6.92 Å². The predicted octanol–water partition coefficient (Wildman–Crippen LogP) is 5.16. The summed E-state index contributed by atoms with van der Waals surface area (Å²) in [6, 6.07) is 22.1. The maximum Gasteiger partial charge on any atom is 0.226 e. The Labute approximate surface area is 197 Å². The number of aryl methyl sites for hydroxylation is 1. The molecular weight excluding hydrogens is 428 g/mol. The minimum absolute atomic E-state index is 0.218. The lowest BCUT2D eigenvalue weighted by Crippen LogP contribution is -2.33. The van der Waals surface area contributed by atoms with Gasteiger partial charge in [0, 0.05) is 16.7 Å². The van der Waals surface area contributed by atoms with Gasteiger partial charge in [-0.3, -0.25) is 0 Å². The van der Waals surface area contributed by atoms with Crippen molar-refractivity contribution in [2.24, 2.45) is 0 Å². The molecule has 3 heterocycles. The quantitative estimate of drug-likeness (QED) is 0.461. The van der Waals surface area contributed by atoms with Crippen LogP contribution in [-0.2, 0) is 0 Å². The highest BCUT2D eigenvalue weighted by molar-refractivity contribution is 5.85. The molecule has 2 atom stereocenters. The highest BCUT2D eigenvalue weighted by Crippen LogP contribution is 2.53. The minimum Gasteiger partial charge on any atom is -0.493 e. The first-order valence-corrected chi connectivity index (χ1v) is 11.1. The van der Waals surface area contributed by atoms with Crippen LogP contribution >= 0.6 is 0 Å². The van der Waals surface area contributed by atoms with Crippen LogP contribution in [-0.4, -0.2) is 29.0 Å². The van der Waals surface area contributed by atoms with E-state index in [0.717, 1.165) is 39.3 Å². The van der Waals surface area contributed by atoms with E-state index in [1.54, 1.807) is 20.5 Å². The number of ether oxygens (including phenoxy) is 3. The van der Waals surface area contributed by atoms with Crippen molar-refractivity contribution in [1.82, 2.24) is 14.8 Å². The van der Waals surface area contributed by atoms with Crippen LogP contribution < -0.4 is 19.5 Å². The second-order valence-electron chi connectivity index (χ2n) is 8.32. The normalized spacial score (nSPS) is 18.2. The van der Waals surface area contributed by atoms with E-state index in [0.29, 0.717) is 17.4 Å². The molecule has 6 rings (SSSR count). The molecule has 2 aliphatic rings. The number of hydrogen-bond acceptors (Lipinski definition) is 6. The van der Waals surface area contributed by atoms with Gasteiger partial charge in [0.1, 0.15) is 18.1 Å². The van der Waals surface area contributed by atoms with Gasteiger partial charge < -0.3 is 19.5 Å². The SMILES string of the molecule is COc1cccc(C2Oc3ccccc3C3=C2C(c2ccccc2C)n2ncnc2N3)c1OC. The Morgan fingerprint density at radius 3 is 2.53 bits per heavy atom. The van der Waals surface area contributed by atoms with Gasteiger partial charge in [0.25, 0.3) is 0 Å². The van der Waals surface area contributed by atoms with E-state index in [1.165, 1.54) is 0 Å². The molecule has 170 valence electrons. The average Bonchev–Trinajstić information content (AvgIpc) is 3.35. The van der Waals surface area contributed by atoms with E-state index in [2.05, 4.69) is 46.6 Å². The van der Waals surface area contributed by atoms with Crippen molar-refractivity contribution in [2.75, 3.05) is 19.5 Å². The first-order valence-electron chi connectivity index (χ1n) is 11.1. The van der Waals surface area contributed by atoms with Crippen LogP contribution in [0.15, 0.2) is 78.6 Å². The average molecular weight is 453 g/mol. The third-order valence-corrected chi connectivity index (χ3v) is 6.52. The van der Waals surface area contributed by atoms with Crippen molar-refractivity contribution in [3.05, 3.63) is 101 Å². The monoisotopic (exact) mass is 452 g/mol. The lowest BCUT2D eigenvalue weighted by molar-refractivity contribution is 0.216. The van der Waals surface area contributed by atoms with Crippen molar-refractivity contribution in [3.8, 4) is 17.2 Å². The number of benzene rings is 3. The number of para-hydroxylation sites is 2. The maximum atomic E-state index is 6.72. The summed E-state index contributed by atoms with van der Waals surface area (Å²) in [7, 11) is 3.30. The molecule has 1 N–H and O–H groups in total. The summed E-state index contributed by atoms with van der Waals surface area (Å²) in [5, 5.41) is 8.14. The van der Waals surface area contributed by atoms with Gasteiger partial charge in [-0.25, -0.2) is 4.68 Å². The van der Waals surface area contributed by atoms with E-state index in [4.69, 9.17) is 14.2 Å². The Morgan fingerprint density at radius 2 is 1.71 bits per heavy atom. The van der Waals surface area contributed by atoms with Crippen LogP contribution in [0.25, 0.3) is 5.70 Å². The minimum atomic E-state index is -0.440. The molecule has 2 unspecified atom stereocenters. The molecule has 2 aliphatic heterocycles. The summed E-state index contributed by atoms with van der Waals surface area (Å²) < 4.78 is 20.1. The Morgan fingerprint density at radius 1 is 0.912 bits per heavy atom. The summed E-state index contributed by atoms with van der Waals surface area (Å²) >= 11 is 0. The second-order valence-corrected chi connectivity index (χ2v) is 8.32. The first kappa shape index (κ1) is 20.4. The van der Waals surface area contributed by atoms with Crippen molar-refractivity contribution in [3.63, 3.8) is 0 Å². The number of fused-ring (bicyclic) bond motifs is 3. The molecule has 34 heavy (non-hydrogen) atoms. The number of rotatable bonds is 4. The van der Waals surface area contributed by atoms with E-state index in [-0.39, 0.29) is 6.04 Å². The van der Waals surface area contributed by atoms with Gasteiger partial charge in [0.05, 0.1) is 19.9 Å². The molecule has 0 fully saturated rings. The molecule has 0 bridgehead atoms. The lowest BCUT2D eigenvalue weighted by atomic mass is 9.83. The summed E-state index contributed by atoms with van der Waals surface area (Å²) in [6.45, 7) is 2.12. The van der Waals surface area contributed by atoms with Gasteiger partial charge >= 0.3 is 0 Å². The van der Waals surface area contributed by atoms with Crippen molar-refractivity contribution < 1.29 is 14.2 Å². The number of hydrogen-bond donors (Lipinski definition) is 1. The zero-order valence-corrected chi connectivity index (χ0v) is 19.1. The molecule has 0 amide bonds. The van der Waals surface area contributed by atoms with Crippen molar-refractivity contribution in [2.45, 2.75) is 19.1 Å². The highest BCUT2D eigenvalue weighted by atomic mass is 16.5. The Hall–Kier alpha value is -4.26. The topological polar surface area (TPSA) is 70.4 Å². The van der Waals surface area contributed by atoms with Gasteiger partial charge in [-0.2, -0.15) is 10.1 Å². The van der Waals surface area contributed by atoms with E-state index >= 15 is 0 Å². The smallest absolute Gasteiger partial charge is 0.226 e. The summed E-state index contributed by atoms with van der Waals surface area (Å²) in [5.41, 5.74) is 6.19. The fourth-order valence-electron chi connectivity index (χ4n) is 4.99. The van der Waals surface area contributed by atoms with Crippen LogP contribution in [0.4, 0.5) is 5.95 Å². The molecular formula is C27H24N4O3. The number of aromatic nitrogens is 3. The summed E-state index contributed by atoms with van der Waals surface area (Å²) in [6.07, 6.45) is 1.14. The molecule has 0 aliphatic carbocycles. The van der Waals surface area contributed by atoms with E-state index < -0.39 is 6.10 Å². The number of anilines is 1. The third-order valence-electron chi connectivity index (χ3n) is 6.52. The van der Waals surface area contributed by atoms with Gasteiger partial charge in [-0.15, -0.1) is 0 Å². The van der Waals surface area contributed by atoms with E-state index in [1.807, 2.05) is 47.1 Å². The molecule has 1 aromatic heterocycles. The highest BCUT2D eigenvalue weighted by Gasteiger charge is 2.42. The lowest BCUT2D eigenvalue weighted by Gasteiger charge is -2.39. The molecule has 7 heteroatoms. The van der Waals surface area contributed by atoms with Gasteiger partial charge in [-0.1, -0.05) is 48.5 Å². The molecule has 0 saturated carbocycles. The summed E-state index contributed by atoms with van der Waals surface area (Å²) in [5.74, 6) is 2.79. The molecule has 3 aromatic carbocycles. The number of nitrogens with zero attached hydrogens (tertiary/aromatic N) is 3. The van der Waals surface area contributed by atoms with Crippen LogP contribution in [0.5, 0.6) is 17.2 Å². The number of methoxy groups -OCH3 is 2. The largest absolute Gasteiger partial charge is 0.493 e. The molecule has 4 aromatic rings. The van der Waals surface area contributed by atoms with Gasteiger partial charge in [0.2, 0.25) is 5.95 Å². The zero-order valence-electron chi connectivity index (χ0n) is 19.1. The fraction of sp³-hybridized carbons (Fsp3) is 0.185. The van der Waals surface area contributed by atoms with E-state index in [9.17, 15) is 0 Å². The predicted molar refractivity (Wildman–Crippen MR) is 129 cm³/mol. The van der Waals surface area contributed by atoms with Gasteiger partial charge in [-0.05, 0) is 36.2 Å². The molecule has 0 radical (unpaired) electrons. The van der Waals surface area contributed by atoms with Crippen LogP contribution in [0.3, 0.4) is 0 Å². The second kappa shape index (κ2) is 7.95. The first-order chi connectivity index (χ1) is 16.7. The van der Waals surface area contributed by atoms with Crippen LogP contribution in [0.1, 0.15) is 34.4 Å². The third kappa shape index (κ3) is 2.97. The van der Waals surface area contributed by atoms with Crippen molar-refractivity contribution >= 4 is 11.6 Å². The number of nitrogens with one attached hydrogen (secondary N) is 1. The van der Waals surface area contributed by atoms with Gasteiger partial charge in [0.15, 0.2) is 17.6 Å². The molecule has 0 saturated heterocycles. The molecule has 7 nitrogen and oxygen atoms in total. The Balaban J connectivity index is 1.66. The standard InChI is InChI=1S/C27H24N4O3/c1-16-9-4-5-10-17(16)24-22-23(30-27-28-15-29-31(24)27)18-11-6-7-13-20(18)34-26(22)19-12-8-14-21(32-2)25(19)33-3/h4-15,24,26H,1-3H3,(H,28,29,30). The Kier molecular flexibility index (Phi) is 4.76. The van der Waals surface area contributed by atoms with Crippen LogP contribution in [0.2, 0.25) is 0 Å². The summed E-state index contributed by atoms with van der Waals surface area (Å²) in [4.78, 5) is 4.51. The molecule has 0 spiro atoms. The Bertz CT molecular complexity index is 1420. The fourth-order valence-corrected chi connectivity index (χ4v) is 4.99. The van der Waals surface area contributed by atoms with Crippen molar-refractivity contribution in [1.29, 1.82) is 0 Å².